The summed E-state index contributed by atoms with van der Waals surface area (Å²) < 4.78 is 42.1. The highest BCUT2D eigenvalue weighted by Gasteiger charge is 2.35. The van der Waals surface area contributed by atoms with Crippen molar-refractivity contribution in [1.29, 1.82) is 0 Å². The van der Waals surface area contributed by atoms with Gasteiger partial charge in [0.25, 0.3) is 11.1 Å². The fourth-order valence-corrected chi connectivity index (χ4v) is 5.45. The number of thioether (sulfide) groups is 1. The predicted octanol–water partition coefficient (Wildman–Crippen LogP) is 5.31. The second-order valence-electron chi connectivity index (χ2n) is 7.52. The molecular weight excluding hydrogens is 617 g/mol. The van der Waals surface area contributed by atoms with Crippen molar-refractivity contribution in [3.8, 4) is 17.2 Å². The summed E-state index contributed by atoms with van der Waals surface area (Å²) in [6.45, 7) is 0.179. The Hall–Kier alpha value is -3.03. The lowest BCUT2D eigenvalue weighted by molar-refractivity contribution is -0.123. The van der Waals surface area contributed by atoms with Crippen LogP contribution in [0.1, 0.15) is 11.1 Å². The first kappa shape index (κ1) is 26.0. The number of halogens is 1. The van der Waals surface area contributed by atoms with Gasteiger partial charge in [0.15, 0.2) is 11.5 Å². The van der Waals surface area contributed by atoms with Crippen LogP contribution >= 0.6 is 34.4 Å². The third-order valence-corrected chi connectivity index (χ3v) is 8.04. The Morgan fingerprint density at radius 1 is 0.917 bits per heavy atom. The Bertz CT molecular complexity index is 1440. The molecule has 1 saturated heterocycles. The highest BCUT2D eigenvalue weighted by Crippen LogP contribution is 2.36. The molecule has 8 nitrogen and oxygen atoms in total. The van der Waals surface area contributed by atoms with Crippen molar-refractivity contribution in [3.63, 3.8) is 0 Å². The molecule has 0 atom stereocenters. The number of rotatable bonds is 8. The van der Waals surface area contributed by atoms with Gasteiger partial charge in [-0.3, -0.25) is 14.5 Å². The molecule has 36 heavy (non-hydrogen) atoms. The van der Waals surface area contributed by atoms with Crippen LogP contribution in [0.25, 0.3) is 6.08 Å². The molecule has 0 aliphatic carbocycles. The van der Waals surface area contributed by atoms with E-state index in [1.165, 1.54) is 55.5 Å². The molecule has 0 aromatic heterocycles. The normalized spacial score (nSPS) is 14.9. The van der Waals surface area contributed by atoms with E-state index in [1.807, 2.05) is 24.3 Å². The number of ether oxygens (including phenoxy) is 2. The summed E-state index contributed by atoms with van der Waals surface area (Å²) in [5, 5.41) is -0.359. The first-order valence-corrected chi connectivity index (χ1v) is 13.8. The third kappa shape index (κ3) is 5.85. The first-order valence-electron chi connectivity index (χ1n) is 10.5. The van der Waals surface area contributed by atoms with E-state index in [2.05, 4.69) is 22.6 Å². The zero-order valence-electron chi connectivity index (χ0n) is 19.1. The van der Waals surface area contributed by atoms with Gasteiger partial charge >= 0.3 is 10.1 Å². The topological polar surface area (TPSA) is 99.2 Å². The molecule has 0 radical (unpaired) electrons. The van der Waals surface area contributed by atoms with E-state index in [9.17, 15) is 18.0 Å². The van der Waals surface area contributed by atoms with E-state index in [0.717, 1.165) is 20.9 Å². The molecule has 1 heterocycles. The first-order chi connectivity index (χ1) is 17.2. The molecule has 11 heteroatoms. The summed E-state index contributed by atoms with van der Waals surface area (Å²) in [5.74, 6) is 0.250. The molecule has 4 rings (SSSR count). The number of carbonyl (C=O) groups is 2. The maximum absolute atomic E-state index is 12.9. The number of carbonyl (C=O) groups excluding carboxylic acids is 2. The van der Waals surface area contributed by atoms with Crippen LogP contribution in [-0.2, 0) is 21.5 Å². The summed E-state index contributed by atoms with van der Waals surface area (Å²) in [6.07, 6.45) is 1.56. The van der Waals surface area contributed by atoms with Crippen LogP contribution in [0, 0.1) is 3.57 Å². The fraction of sp³-hybridized carbons (Fsp3) is 0.120. The number of imide groups is 1. The minimum atomic E-state index is -4.12. The summed E-state index contributed by atoms with van der Waals surface area (Å²) in [7, 11) is -1.26. The van der Waals surface area contributed by atoms with Crippen molar-refractivity contribution in [2.24, 2.45) is 0 Å². The number of amides is 2. The van der Waals surface area contributed by atoms with Crippen LogP contribution < -0.4 is 13.7 Å². The van der Waals surface area contributed by atoms with Crippen LogP contribution in [0.2, 0.25) is 0 Å². The van der Waals surface area contributed by atoms with E-state index < -0.39 is 16.0 Å². The molecule has 0 bridgehead atoms. The summed E-state index contributed by atoms with van der Waals surface area (Å²) in [4.78, 5) is 26.7. The molecule has 2 amide bonds. The second kappa shape index (κ2) is 10.9. The average molecular weight is 637 g/mol. The largest absolute Gasteiger partial charge is 0.497 e. The summed E-state index contributed by atoms with van der Waals surface area (Å²) in [5.41, 5.74) is 1.39. The third-order valence-electron chi connectivity index (χ3n) is 5.16. The number of methoxy groups -OCH3 is 2. The van der Waals surface area contributed by atoms with E-state index in [4.69, 9.17) is 13.7 Å². The SMILES string of the molecule is COc1ccc(S(=O)(=O)Oc2ccc(/C=C3\SC(=O)N(Cc4ccc(I)cc4)C3=O)cc2OC)cc1. The van der Waals surface area contributed by atoms with E-state index in [-0.39, 0.29) is 33.1 Å². The maximum atomic E-state index is 12.9. The van der Waals surface area contributed by atoms with Crippen LogP contribution in [0.4, 0.5) is 4.79 Å². The van der Waals surface area contributed by atoms with Gasteiger partial charge in [-0.15, -0.1) is 0 Å². The zero-order chi connectivity index (χ0) is 25.9. The molecule has 1 aliphatic heterocycles. The molecule has 0 saturated carbocycles. The molecule has 0 spiro atoms. The van der Waals surface area contributed by atoms with Gasteiger partial charge in [-0.2, -0.15) is 8.42 Å². The van der Waals surface area contributed by atoms with Crippen molar-refractivity contribution < 1.29 is 31.7 Å². The zero-order valence-corrected chi connectivity index (χ0v) is 22.9. The highest BCUT2D eigenvalue weighted by atomic mass is 127. The lowest BCUT2D eigenvalue weighted by Crippen LogP contribution is -2.27. The minimum absolute atomic E-state index is 0.0164. The second-order valence-corrected chi connectivity index (χ2v) is 11.3. The maximum Gasteiger partial charge on any atom is 0.339 e. The molecule has 186 valence electrons. The Morgan fingerprint density at radius 2 is 1.61 bits per heavy atom. The van der Waals surface area contributed by atoms with E-state index in [0.29, 0.717) is 11.3 Å². The van der Waals surface area contributed by atoms with Crippen molar-refractivity contribution in [2.75, 3.05) is 14.2 Å². The van der Waals surface area contributed by atoms with Gasteiger partial charge in [0, 0.05) is 3.57 Å². The summed E-state index contributed by atoms with van der Waals surface area (Å²) in [6, 6.07) is 17.9. The Kier molecular flexibility index (Phi) is 7.91. The Labute approximate surface area is 226 Å². The van der Waals surface area contributed by atoms with Crippen LogP contribution in [0.5, 0.6) is 17.2 Å². The quantitative estimate of drug-likeness (QED) is 0.186. The summed E-state index contributed by atoms with van der Waals surface area (Å²) >= 11 is 3.03. The number of benzene rings is 3. The van der Waals surface area contributed by atoms with Gasteiger partial charge in [0.05, 0.1) is 25.7 Å². The average Bonchev–Trinajstić information content (AvgIpc) is 3.13. The fourth-order valence-electron chi connectivity index (χ4n) is 3.31. The van der Waals surface area contributed by atoms with Gasteiger partial charge in [-0.25, -0.2) is 0 Å². The smallest absolute Gasteiger partial charge is 0.339 e. The van der Waals surface area contributed by atoms with Gasteiger partial charge < -0.3 is 13.7 Å². The van der Waals surface area contributed by atoms with Crippen molar-refractivity contribution >= 4 is 61.7 Å². The minimum Gasteiger partial charge on any atom is -0.497 e. The monoisotopic (exact) mass is 637 g/mol. The Morgan fingerprint density at radius 3 is 2.25 bits per heavy atom. The lowest BCUT2D eigenvalue weighted by Gasteiger charge is -2.12. The van der Waals surface area contributed by atoms with E-state index in [1.54, 1.807) is 12.1 Å². The van der Waals surface area contributed by atoms with Crippen LogP contribution in [-0.4, -0.2) is 38.7 Å². The van der Waals surface area contributed by atoms with Gasteiger partial charge in [-0.05, 0) is 100 Å². The molecule has 0 unspecified atom stereocenters. The number of nitrogens with zero attached hydrogens (tertiary/aromatic N) is 1. The molecular formula is C25H20INO7S2. The van der Waals surface area contributed by atoms with E-state index >= 15 is 0 Å². The van der Waals surface area contributed by atoms with Gasteiger partial charge in [0.1, 0.15) is 10.6 Å². The molecule has 0 N–H and O–H groups in total. The van der Waals surface area contributed by atoms with Gasteiger partial charge in [0.2, 0.25) is 0 Å². The van der Waals surface area contributed by atoms with Crippen LogP contribution in [0.3, 0.4) is 0 Å². The Balaban J connectivity index is 1.53. The lowest BCUT2D eigenvalue weighted by atomic mass is 10.1. The standard InChI is InChI=1S/C25H20INO7S2/c1-32-19-8-10-20(11-9-19)36(30,31)34-21-12-5-17(13-22(21)33-2)14-23-24(28)27(25(29)35-23)15-16-3-6-18(26)7-4-16/h3-14H,15H2,1-2H3/b23-14-. The predicted molar refractivity (Wildman–Crippen MR) is 144 cm³/mol. The van der Waals surface area contributed by atoms with Crippen molar-refractivity contribution in [3.05, 3.63) is 86.3 Å². The number of hydrogen-bond acceptors (Lipinski definition) is 8. The number of hydrogen-bond donors (Lipinski definition) is 0. The highest BCUT2D eigenvalue weighted by molar-refractivity contribution is 14.1. The van der Waals surface area contributed by atoms with Crippen molar-refractivity contribution in [2.45, 2.75) is 11.4 Å². The van der Waals surface area contributed by atoms with Crippen LogP contribution in [0.15, 0.2) is 76.5 Å². The molecule has 3 aromatic carbocycles. The molecule has 3 aromatic rings. The molecule has 1 aliphatic rings. The molecule has 1 fully saturated rings. The van der Waals surface area contributed by atoms with Crippen molar-refractivity contribution in [1.82, 2.24) is 4.90 Å². The van der Waals surface area contributed by atoms with Gasteiger partial charge in [-0.1, -0.05) is 18.2 Å².